The van der Waals surface area contributed by atoms with Gasteiger partial charge in [-0.25, -0.2) is 8.42 Å². The van der Waals surface area contributed by atoms with Gasteiger partial charge in [-0.15, -0.1) is 0 Å². The van der Waals surface area contributed by atoms with Gasteiger partial charge in [-0.2, -0.15) is 9.57 Å². The van der Waals surface area contributed by atoms with E-state index in [1.807, 2.05) is 6.07 Å². The van der Waals surface area contributed by atoms with Gasteiger partial charge in [0.2, 0.25) is 10.0 Å². The first-order valence-corrected chi connectivity index (χ1v) is 8.40. The number of rotatable bonds is 8. The molecule has 0 saturated heterocycles. The van der Waals surface area contributed by atoms with Crippen LogP contribution in [0.1, 0.15) is 6.42 Å². The third-order valence-electron chi connectivity index (χ3n) is 2.78. The van der Waals surface area contributed by atoms with Crippen LogP contribution in [0, 0.1) is 11.3 Å². The molecule has 0 heterocycles. The van der Waals surface area contributed by atoms with Gasteiger partial charge in [-0.05, 0) is 34.1 Å². The van der Waals surface area contributed by atoms with Gasteiger partial charge in [0.25, 0.3) is 0 Å². The number of benzene rings is 1. The van der Waals surface area contributed by atoms with Crippen LogP contribution in [-0.2, 0) is 14.8 Å². The lowest BCUT2D eigenvalue weighted by atomic mass is 10.3. The lowest BCUT2D eigenvalue weighted by molar-refractivity contribution is 0.179. The Morgan fingerprint density at radius 3 is 2.57 bits per heavy atom. The Kier molecular flexibility index (Phi) is 7.11. The van der Waals surface area contributed by atoms with Gasteiger partial charge < -0.3 is 9.47 Å². The van der Waals surface area contributed by atoms with Gasteiger partial charge in [-0.1, -0.05) is 0 Å². The summed E-state index contributed by atoms with van der Waals surface area (Å²) in [5.74, 6) is 0.550. The topological polar surface area (TPSA) is 79.6 Å². The second-order valence-corrected chi connectivity index (χ2v) is 6.89. The van der Waals surface area contributed by atoms with E-state index in [4.69, 9.17) is 14.7 Å². The summed E-state index contributed by atoms with van der Waals surface area (Å²) >= 11 is 3.27. The number of nitriles is 1. The molecule has 0 aliphatic rings. The van der Waals surface area contributed by atoms with Gasteiger partial charge in [0.05, 0.1) is 29.2 Å². The highest BCUT2D eigenvalue weighted by Crippen LogP contribution is 2.28. The number of hydrogen-bond donors (Lipinski definition) is 0. The van der Waals surface area contributed by atoms with Crippen LogP contribution in [0.3, 0.4) is 0 Å². The van der Waals surface area contributed by atoms with E-state index in [2.05, 4.69) is 15.9 Å². The van der Waals surface area contributed by atoms with Crippen LogP contribution in [0.5, 0.6) is 5.75 Å². The minimum Gasteiger partial charge on any atom is -0.496 e. The van der Waals surface area contributed by atoms with Gasteiger partial charge >= 0.3 is 0 Å². The molecular formula is C13H17BrN2O4S. The van der Waals surface area contributed by atoms with Crippen molar-refractivity contribution in [2.24, 2.45) is 0 Å². The highest BCUT2D eigenvalue weighted by molar-refractivity contribution is 9.10. The van der Waals surface area contributed by atoms with E-state index >= 15 is 0 Å². The normalized spacial score (nSPS) is 11.4. The molecule has 116 valence electrons. The van der Waals surface area contributed by atoms with Gasteiger partial charge in [-0.3, -0.25) is 0 Å². The highest BCUT2D eigenvalue weighted by Gasteiger charge is 2.24. The van der Waals surface area contributed by atoms with E-state index in [1.54, 1.807) is 6.07 Å². The molecule has 0 atom stereocenters. The largest absolute Gasteiger partial charge is 0.496 e. The fourth-order valence-electron chi connectivity index (χ4n) is 1.68. The minimum absolute atomic E-state index is 0.125. The summed E-state index contributed by atoms with van der Waals surface area (Å²) in [6, 6.07) is 6.49. The monoisotopic (exact) mass is 376 g/mol. The van der Waals surface area contributed by atoms with Crippen molar-refractivity contribution in [1.29, 1.82) is 5.26 Å². The molecule has 21 heavy (non-hydrogen) atoms. The summed E-state index contributed by atoms with van der Waals surface area (Å²) in [5.41, 5.74) is 0. The van der Waals surface area contributed by atoms with Crippen LogP contribution in [-0.4, -0.2) is 46.6 Å². The molecule has 0 N–H and O–H groups in total. The average molecular weight is 377 g/mol. The molecule has 8 heteroatoms. The Labute approximate surface area is 133 Å². The Balaban J connectivity index is 3.09. The van der Waals surface area contributed by atoms with Crippen molar-refractivity contribution >= 4 is 26.0 Å². The third kappa shape index (κ3) is 4.68. The molecule has 1 aromatic carbocycles. The summed E-state index contributed by atoms with van der Waals surface area (Å²) in [6.07, 6.45) is 0.125. The predicted molar refractivity (Wildman–Crippen MR) is 81.6 cm³/mol. The maximum Gasteiger partial charge on any atom is 0.243 e. The van der Waals surface area contributed by atoms with Crippen molar-refractivity contribution < 1.29 is 17.9 Å². The van der Waals surface area contributed by atoms with Crippen LogP contribution in [0.25, 0.3) is 0 Å². The molecule has 0 radical (unpaired) electrons. The van der Waals surface area contributed by atoms with Crippen LogP contribution in [0.2, 0.25) is 0 Å². The van der Waals surface area contributed by atoms with Crippen molar-refractivity contribution in [3.8, 4) is 11.8 Å². The van der Waals surface area contributed by atoms with Crippen LogP contribution >= 0.6 is 15.9 Å². The molecule has 0 amide bonds. The van der Waals surface area contributed by atoms with E-state index in [1.165, 1.54) is 30.7 Å². The van der Waals surface area contributed by atoms with Crippen molar-refractivity contribution in [3.63, 3.8) is 0 Å². The number of halogens is 1. The minimum atomic E-state index is -3.68. The van der Waals surface area contributed by atoms with Crippen LogP contribution < -0.4 is 4.74 Å². The molecule has 0 bridgehead atoms. The Bertz CT molecular complexity index is 613. The summed E-state index contributed by atoms with van der Waals surface area (Å²) < 4.78 is 37.0. The van der Waals surface area contributed by atoms with Crippen molar-refractivity contribution in [2.45, 2.75) is 11.3 Å². The summed E-state index contributed by atoms with van der Waals surface area (Å²) in [7, 11) is -0.671. The van der Waals surface area contributed by atoms with Gasteiger partial charge in [0.15, 0.2) is 0 Å². The zero-order valence-corrected chi connectivity index (χ0v) is 14.3. The molecular weight excluding hydrogens is 360 g/mol. The zero-order chi connectivity index (χ0) is 15.9. The smallest absolute Gasteiger partial charge is 0.243 e. The fourth-order valence-corrected chi connectivity index (χ4v) is 3.82. The molecule has 0 aliphatic heterocycles. The van der Waals surface area contributed by atoms with Gasteiger partial charge in [0, 0.05) is 26.6 Å². The lowest BCUT2D eigenvalue weighted by Crippen LogP contribution is -2.34. The standard InChI is InChI=1S/C13H17BrN2O4S/c1-19-9-8-16(7-3-6-15)21(17,18)11-4-5-13(20-2)12(14)10-11/h4-5,10H,3,7-9H2,1-2H3. The molecule has 0 unspecified atom stereocenters. The Morgan fingerprint density at radius 2 is 2.05 bits per heavy atom. The van der Waals surface area contributed by atoms with Crippen LogP contribution in [0.4, 0.5) is 0 Å². The summed E-state index contributed by atoms with van der Waals surface area (Å²) in [4.78, 5) is 0.143. The van der Waals surface area contributed by atoms with E-state index in [9.17, 15) is 8.42 Å². The van der Waals surface area contributed by atoms with Crippen molar-refractivity contribution in [1.82, 2.24) is 4.31 Å². The molecule has 0 spiro atoms. The van der Waals surface area contributed by atoms with Crippen molar-refractivity contribution in [3.05, 3.63) is 22.7 Å². The predicted octanol–water partition coefficient (Wildman–Crippen LogP) is 2.01. The molecule has 0 fully saturated rings. The number of methoxy groups -OCH3 is 2. The molecule has 6 nitrogen and oxygen atoms in total. The van der Waals surface area contributed by atoms with Gasteiger partial charge in [0.1, 0.15) is 5.75 Å². The zero-order valence-electron chi connectivity index (χ0n) is 11.9. The second kappa shape index (κ2) is 8.34. The number of ether oxygens (including phenoxy) is 2. The fraction of sp³-hybridized carbons (Fsp3) is 0.462. The number of hydrogen-bond acceptors (Lipinski definition) is 5. The number of nitrogens with zero attached hydrogens (tertiary/aromatic N) is 2. The summed E-state index contributed by atoms with van der Waals surface area (Å²) in [6.45, 7) is 0.595. The molecule has 0 aliphatic carbocycles. The first kappa shape index (κ1) is 17.9. The Hall–Kier alpha value is -1.14. The molecule has 0 saturated carbocycles. The maximum absolute atomic E-state index is 12.6. The maximum atomic E-state index is 12.6. The van der Waals surface area contributed by atoms with E-state index in [0.29, 0.717) is 10.2 Å². The van der Waals surface area contributed by atoms with Crippen molar-refractivity contribution in [2.75, 3.05) is 33.9 Å². The van der Waals surface area contributed by atoms with Crippen LogP contribution in [0.15, 0.2) is 27.6 Å². The molecule has 1 aromatic rings. The summed E-state index contributed by atoms with van der Waals surface area (Å²) in [5, 5.41) is 8.66. The van der Waals surface area contributed by atoms with E-state index < -0.39 is 10.0 Å². The third-order valence-corrected chi connectivity index (χ3v) is 5.29. The quantitative estimate of drug-likeness (QED) is 0.693. The SMILES string of the molecule is COCCN(CCC#N)S(=O)(=O)c1ccc(OC)c(Br)c1. The molecule has 0 aromatic heterocycles. The Morgan fingerprint density at radius 1 is 1.33 bits per heavy atom. The average Bonchev–Trinajstić information content (AvgIpc) is 2.47. The highest BCUT2D eigenvalue weighted by atomic mass is 79.9. The second-order valence-electron chi connectivity index (χ2n) is 4.10. The number of sulfonamides is 1. The first-order valence-electron chi connectivity index (χ1n) is 6.17. The molecule has 1 rings (SSSR count). The van der Waals surface area contributed by atoms with E-state index in [-0.39, 0.29) is 31.0 Å². The lowest BCUT2D eigenvalue weighted by Gasteiger charge is -2.21. The van der Waals surface area contributed by atoms with E-state index in [0.717, 1.165) is 0 Å². The first-order chi connectivity index (χ1) is 9.97.